The first-order valence-electron chi connectivity index (χ1n) is 9.14. The van der Waals surface area contributed by atoms with Crippen molar-refractivity contribution in [2.75, 3.05) is 0 Å². The van der Waals surface area contributed by atoms with Gasteiger partial charge in [-0.3, -0.25) is 15.2 Å². The highest BCUT2D eigenvalue weighted by molar-refractivity contribution is 6.30. The van der Waals surface area contributed by atoms with Crippen LogP contribution in [0, 0.1) is 0 Å². The summed E-state index contributed by atoms with van der Waals surface area (Å²) in [6, 6.07) is 11.2. The highest BCUT2D eigenvalue weighted by Crippen LogP contribution is 2.24. The molecular formula is C20H25ClN4O. The Balaban J connectivity index is 1.72. The van der Waals surface area contributed by atoms with Crippen LogP contribution in [0.5, 0.6) is 0 Å². The average molecular weight is 373 g/mol. The van der Waals surface area contributed by atoms with Crippen molar-refractivity contribution in [1.29, 1.82) is 0 Å². The number of amides is 1. The number of carbonyl (C=O) groups excluding carboxylic acids is 1. The van der Waals surface area contributed by atoms with E-state index in [4.69, 9.17) is 11.6 Å². The van der Waals surface area contributed by atoms with Crippen LogP contribution in [-0.2, 0) is 4.79 Å². The number of nitrogens with zero attached hydrogens (tertiary/aromatic N) is 1. The molecule has 0 aliphatic carbocycles. The zero-order valence-corrected chi connectivity index (χ0v) is 15.7. The van der Waals surface area contributed by atoms with E-state index < -0.39 is 0 Å². The predicted octanol–water partition coefficient (Wildman–Crippen LogP) is 3.37. The van der Waals surface area contributed by atoms with Crippen molar-refractivity contribution in [2.24, 2.45) is 0 Å². The SMILES string of the molecule is CCCCC1CC(C(=O)NC(c2ccc(Cl)cc2)c2cccnc2)NN1. The first kappa shape index (κ1) is 18.8. The van der Waals surface area contributed by atoms with Gasteiger partial charge in [-0.2, -0.15) is 0 Å². The molecule has 2 heterocycles. The van der Waals surface area contributed by atoms with Crippen LogP contribution >= 0.6 is 11.6 Å². The largest absolute Gasteiger partial charge is 0.344 e. The maximum Gasteiger partial charge on any atom is 0.239 e. The quantitative estimate of drug-likeness (QED) is 0.697. The number of benzene rings is 1. The second-order valence-corrected chi connectivity index (χ2v) is 7.13. The van der Waals surface area contributed by atoms with Gasteiger partial charge in [-0.15, -0.1) is 0 Å². The molecule has 1 aliphatic rings. The number of carbonyl (C=O) groups is 1. The topological polar surface area (TPSA) is 66.0 Å². The smallest absolute Gasteiger partial charge is 0.239 e. The van der Waals surface area contributed by atoms with Crippen molar-refractivity contribution in [3.05, 3.63) is 64.9 Å². The number of hydrogen-bond donors (Lipinski definition) is 3. The van der Waals surface area contributed by atoms with Gasteiger partial charge >= 0.3 is 0 Å². The third kappa shape index (κ3) is 4.81. The van der Waals surface area contributed by atoms with Crippen molar-refractivity contribution < 1.29 is 4.79 Å². The lowest BCUT2D eigenvalue weighted by molar-refractivity contribution is -0.123. The van der Waals surface area contributed by atoms with Crippen LogP contribution in [0.4, 0.5) is 0 Å². The van der Waals surface area contributed by atoms with Gasteiger partial charge < -0.3 is 5.32 Å². The van der Waals surface area contributed by atoms with E-state index in [0.29, 0.717) is 11.1 Å². The van der Waals surface area contributed by atoms with Gasteiger partial charge in [-0.25, -0.2) is 5.43 Å². The Morgan fingerprint density at radius 2 is 2.08 bits per heavy atom. The maximum atomic E-state index is 12.8. The van der Waals surface area contributed by atoms with Crippen molar-refractivity contribution in [3.8, 4) is 0 Å². The van der Waals surface area contributed by atoms with Crippen LogP contribution < -0.4 is 16.2 Å². The van der Waals surface area contributed by atoms with E-state index in [-0.39, 0.29) is 18.0 Å². The standard InChI is InChI=1S/C20H25ClN4O/c1-2-3-6-17-12-18(25-24-17)20(26)23-19(15-5-4-11-22-13-15)14-7-9-16(21)10-8-14/h4-5,7-11,13,17-19,24-25H,2-3,6,12H2,1H3,(H,23,26). The Labute approximate surface area is 159 Å². The van der Waals surface area contributed by atoms with E-state index in [0.717, 1.165) is 36.8 Å². The predicted molar refractivity (Wildman–Crippen MR) is 104 cm³/mol. The molecule has 26 heavy (non-hydrogen) atoms. The minimum atomic E-state index is -0.259. The van der Waals surface area contributed by atoms with E-state index in [1.165, 1.54) is 0 Å². The molecule has 3 unspecified atom stereocenters. The van der Waals surface area contributed by atoms with Crippen molar-refractivity contribution >= 4 is 17.5 Å². The normalized spacial score (nSPS) is 20.7. The van der Waals surface area contributed by atoms with Gasteiger partial charge in [0.2, 0.25) is 5.91 Å². The monoisotopic (exact) mass is 372 g/mol. The number of halogens is 1. The first-order chi connectivity index (χ1) is 12.7. The molecule has 0 radical (unpaired) electrons. The molecule has 0 saturated carbocycles. The van der Waals surface area contributed by atoms with Crippen molar-refractivity contribution in [3.63, 3.8) is 0 Å². The fourth-order valence-electron chi connectivity index (χ4n) is 3.24. The number of unbranched alkanes of at least 4 members (excludes halogenated alkanes) is 1. The van der Waals surface area contributed by atoms with Gasteiger partial charge in [0.15, 0.2) is 0 Å². The lowest BCUT2D eigenvalue weighted by atomic mass is 9.99. The fourth-order valence-corrected chi connectivity index (χ4v) is 3.36. The number of pyridine rings is 1. The van der Waals surface area contributed by atoms with Crippen molar-refractivity contribution in [1.82, 2.24) is 21.2 Å². The Kier molecular flexibility index (Phi) is 6.61. The molecule has 3 rings (SSSR count). The first-order valence-corrected chi connectivity index (χ1v) is 9.52. The second-order valence-electron chi connectivity index (χ2n) is 6.70. The molecule has 1 aromatic carbocycles. The fraction of sp³-hybridized carbons (Fsp3) is 0.400. The Hall–Kier alpha value is -1.95. The van der Waals surface area contributed by atoms with Crippen LogP contribution in [-0.4, -0.2) is 23.0 Å². The summed E-state index contributed by atoms with van der Waals surface area (Å²) in [4.78, 5) is 17.0. The Morgan fingerprint density at radius 1 is 1.27 bits per heavy atom. The van der Waals surface area contributed by atoms with Crippen LogP contribution in [0.15, 0.2) is 48.8 Å². The number of aromatic nitrogens is 1. The minimum Gasteiger partial charge on any atom is -0.344 e. The summed E-state index contributed by atoms with van der Waals surface area (Å²) >= 11 is 6.01. The number of rotatable bonds is 7. The zero-order valence-electron chi connectivity index (χ0n) is 14.9. The van der Waals surface area contributed by atoms with E-state index in [1.54, 1.807) is 12.4 Å². The molecule has 1 amide bonds. The summed E-state index contributed by atoms with van der Waals surface area (Å²) in [5.74, 6) is -0.0136. The molecule has 2 aromatic rings. The molecule has 6 heteroatoms. The molecule has 3 N–H and O–H groups in total. The highest BCUT2D eigenvalue weighted by Gasteiger charge is 2.30. The highest BCUT2D eigenvalue weighted by atomic mass is 35.5. The Bertz CT molecular complexity index is 708. The molecule has 5 nitrogen and oxygen atoms in total. The minimum absolute atomic E-state index is 0.0136. The third-order valence-electron chi connectivity index (χ3n) is 4.71. The molecule has 0 bridgehead atoms. The van der Waals surface area contributed by atoms with Gasteiger partial charge in [0.1, 0.15) is 6.04 Å². The van der Waals surface area contributed by atoms with E-state index >= 15 is 0 Å². The van der Waals surface area contributed by atoms with Gasteiger partial charge in [0.05, 0.1) is 6.04 Å². The summed E-state index contributed by atoms with van der Waals surface area (Å²) in [7, 11) is 0. The van der Waals surface area contributed by atoms with Gasteiger partial charge in [0, 0.05) is 23.5 Å². The molecular weight excluding hydrogens is 348 g/mol. The van der Waals surface area contributed by atoms with Crippen molar-refractivity contribution in [2.45, 2.75) is 50.7 Å². The molecule has 0 spiro atoms. The number of hydrazine groups is 1. The van der Waals surface area contributed by atoms with E-state index in [2.05, 4.69) is 28.1 Å². The molecule has 1 fully saturated rings. The lowest BCUT2D eigenvalue weighted by Crippen LogP contribution is -2.44. The second kappa shape index (κ2) is 9.12. The van der Waals surface area contributed by atoms with E-state index in [9.17, 15) is 4.79 Å². The average Bonchev–Trinajstić information content (AvgIpc) is 3.15. The number of hydrogen-bond acceptors (Lipinski definition) is 4. The van der Waals surface area contributed by atoms with Crippen LogP contribution in [0.1, 0.15) is 49.8 Å². The molecule has 138 valence electrons. The van der Waals surface area contributed by atoms with Gasteiger partial charge in [0.25, 0.3) is 0 Å². The van der Waals surface area contributed by atoms with Crippen LogP contribution in [0.2, 0.25) is 5.02 Å². The van der Waals surface area contributed by atoms with Crippen LogP contribution in [0.3, 0.4) is 0 Å². The molecule has 1 aromatic heterocycles. The summed E-state index contributed by atoms with van der Waals surface area (Å²) in [6.45, 7) is 2.18. The molecule has 3 atom stereocenters. The third-order valence-corrected chi connectivity index (χ3v) is 4.96. The van der Waals surface area contributed by atoms with Gasteiger partial charge in [-0.05, 0) is 42.2 Å². The summed E-state index contributed by atoms with van der Waals surface area (Å²) in [6.07, 6.45) is 7.71. The summed E-state index contributed by atoms with van der Waals surface area (Å²) in [5.41, 5.74) is 8.29. The Morgan fingerprint density at radius 3 is 2.77 bits per heavy atom. The zero-order chi connectivity index (χ0) is 18.4. The molecule has 1 aliphatic heterocycles. The van der Waals surface area contributed by atoms with Crippen LogP contribution in [0.25, 0.3) is 0 Å². The van der Waals surface area contributed by atoms with E-state index in [1.807, 2.05) is 36.4 Å². The number of nitrogens with one attached hydrogen (secondary N) is 3. The summed E-state index contributed by atoms with van der Waals surface area (Å²) in [5, 5.41) is 3.83. The molecule has 1 saturated heterocycles. The maximum absolute atomic E-state index is 12.8. The lowest BCUT2D eigenvalue weighted by Gasteiger charge is -2.21. The van der Waals surface area contributed by atoms with Gasteiger partial charge in [-0.1, -0.05) is 49.6 Å². The summed E-state index contributed by atoms with van der Waals surface area (Å²) < 4.78 is 0.